The third kappa shape index (κ3) is 2.63. The average Bonchev–Trinajstić information content (AvgIpc) is 2.79. The topological polar surface area (TPSA) is 52.6 Å². The van der Waals surface area contributed by atoms with Gasteiger partial charge >= 0.3 is 0 Å². The van der Waals surface area contributed by atoms with Gasteiger partial charge in [0, 0.05) is 25.0 Å². The lowest BCUT2D eigenvalue weighted by Crippen LogP contribution is -2.46. The van der Waals surface area contributed by atoms with Crippen LogP contribution in [0.25, 0.3) is 0 Å². The second kappa shape index (κ2) is 4.94. The van der Waals surface area contributed by atoms with E-state index < -0.39 is 0 Å². The Morgan fingerprint density at radius 2 is 2.00 bits per heavy atom. The smallest absolute Gasteiger partial charge is 0.237 e. The number of carbonyl (C=O) groups is 1. The maximum atomic E-state index is 11.9. The summed E-state index contributed by atoms with van der Waals surface area (Å²) >= 11 is 0. The maximum Gasteiger partial charge on any atom is 0.237 e. The Kier molecular flexibility index (Phi) is 3.73. The van der Waals surface area contributed by atoms with Gasteiger partial charge in [0.2, 0.25) is 5.91 Å². The lowest BCUT2D eigenvalue weighted by atomic mass is 10.00. The summed E-state index contributed by atoms with van der Waals surface area (Å²) in [5, 5.41) is 12.8. The van der Waals surface area contributed by atoms with Crippen molar-refractivity contribution in [2.45, 2.75) is 51.8 Å². The highest BCUT2D eigenvalue weighted by Gasteiger charge is 2.43. The summed E-state index contributed by atoms with van der Waals surface area (Å²) in [6.45, 7) is 7.76. The molecule has 0 radical (unpaired) electrons. The third-order valence-corrected chi connectivity index (χ3v) is 4.21. The molecule has 2 rings (SSSR count). The average molecular weight is 240 g/mol. The zero-order chi connectivity index (χ0) is 12.6. The minimum atomic E-state index is -0.148. The van der Waals surface area contributed by atoms with Gasteiger partial charge in [-0.15, -0.1) is 0 Å². The molecule has 1 heterocycles. The number of rotatable bonds is 3. The predicted molar refractivity (Wildman–Crippen MR) is 66.5 cm³/mol. The van der Waals surface area contributed by atoms with Crippen LogP contribution in [0.15, 0.2) is 0 Å². The lowest BCUT2D eigenvalue weighted by Gasteiger charge is -2.25. The van der Waals surface area contributed by atoms with Crippen LogP contribution in [0.1, 0.15) is 33.6 Å². The van der Waals surface area contributed by atoms with Crippen molar-refractivity contribution >= 4 is 5.91 Å². The largest absolute Gasteiger partial charge is 0.393 e. The van der Waals surface area contributed by atoms with Gasteiger partial charge < -0.3 is 10.4 Å². The second-order valence-corrected chi connectivity index (χ2v) is 5.86. The number of carbonyl (C=O) groups excluding carboxylic acids is 1. The Hall–Kier alpha value is -0.610. The van der Waals surface area contributed by atoms with E-state index >= 15 is 0 Å². The van der Waals surface area contributed by atoms with Crippen LogP contribution in [0.4, 0.5) is 0 Å². The Balaban J connectivity index is 1.90. The first-order valence-electron chi connectivity index (χ1n) is 6.71. The number of likely N-dealkylation sites (tertiary alicyclic amines) is 1. The molecule has 0 aromatic carbocycles. The molecule has 2 N–H and O–H groups in total. The van der Waals surface area contributed by atoms with E-state index in [1.54, 1.807) is 0 Å². The second-order valence-electron chi connectivity index (χ2n) is 5.86. The molecule has 0 bridgehead atoms. The minimum Gasteiger partial charge on any atom is -0.393 e. The summed E-state index contributed by atoms with van der Waals surface area (Å²) < 4.78 is 0. The molecule has 2 fully saturated rings. The van der Waals surface area contributed by atoms with E-state index in [1.807, 2.05) is 20.8 Å². The predicted octanol–water partition coefficient (Wildman–Crippen LogP) is 0.602. The molecule has 1 saturated heterocycles. The Morgan fingerprint density at radius 1 is 1.29 bits per heavy atom. The molecule has 4 unspecified atom stereocenters. The summed E-state index contributed by atoms with van der Waals surface area (Å²) in [5.41, 5.74) is 0. The van der Waals surface area contributed by atoms with Crippen molar-refractivity contribution in [2.24, 2.45) is 11.8 Å². The molecule has 2 aliphatic rings. The monoisotopic (exact) mass is 240 g/mol. The van der Waals surface area contributed by atoms with Gasteiger partial charge in [0.15, 0.2) is 0 Å². The summed E-state index contributed by atoms with van der Waals surface area (Å²) in [7, 11) is 0. The molecule has 0 spiro atoms. The molecular weight excluding hydrogens is 216 g/mol. The number of nitrogens with zero attached hydrogens (tertiary/aromatic N) is 1. The number of hydrogen-bond donors (Lipinski definition) is 2. The van der Waals surface area contributed by atoms with Gasteiger partial charge in [0.25, 0.3) is 0 Å². The van der Waals surface area contributed by atoms with Crippen molar-refractivity contribution in [2.75, 3.05) is 13.1 Å². The van der Waals surface area contributed by atoms with Gasteiger partial charge in [-0.1, -0.05) is 0 Å². The summed E-state index contributed by atoms with van der Waals surface area (Å²) in [6, 6.07) is 0.118. The van der Waals surface area contributed by atoms with E-state index in [0.29, 0.717) is 11.8 Å². The van der Waals surface area contributed by atoms with Gasteiger partial charge in [-0.05, 0) is 39.5 Å². The first kappa shape index (κ1) is 12.8. The van der Waals surface area contributed by atoms with Gasteiger partial charge in [-0.3, -0.25) is 9.69 Å². The van der Waals surface area contributed by atoms with Crippen LogP contribution in [0.5, 0.6) is 0 Å². The molecule has 1 aliphatic heterocycles. The number of hydrogen-bond acceptors (Lipinski definition) is 3. The van der Waals surface area contributed by atoms with Crippen LogP contribution in [-0.2, 0) is 4.79 Å². The summed E-state index contributed by atoms with van der Waals surface area (Å²) in [4.78, 5) is 14.1. The van der Waals surface area contributed by atoms with E-state index in [1.165, 1.54) is 0 Å². The van der Waals surface area contributed by atoms with E-state index in [2.05, 4.69) is 10.2 Å². The number of aliphatic hydroxyl groups is 1. The lowest BCUT2D eigenvalue weighted by molar-refractivity contribution is -0.126. The molecule has 1 aliphatic carbocycles. The van der Waals surface area contributed by atoms with E-state index in [9.17, 15) is 9.90 Å². The zero-order valence-electron chi connectivity index (χ0n) is 11.0. The van der Waals surface area contributed by atoms with Crippen LogP contribution in [-0.4, -0.2) is 47.2 Å². The van der Waals surface area contributed by atoms with Crippen molar-refractivity contribution in [1.29, 1.82) is 0 Å². The molecule has 17 heavy (non-hydrogen) atoms. The number of fused-ring (bicyclic) bond motifs is 1. The molecule has 98 valence electrons. The molecule has 4 nitrogen and oxygen atoms in total. The van der Waals surface area contributed by atoms with Crippen LogP contribution in [0.3, 0.4) is 0 Å². The van der Waals surface area contributed by atoms with Gasteiger partial charge in [0.05, 0.1) is 12.1 Å². The molecular formula is C13H24N2O2. The van der Waals surface area contributed by atoms with Gasteiger partial charge in [-0.2, -0.15) is 0 Å². The third-order valence-electron chi connectivity index (χ3n) is 4.21. The highest BCUT2D eigenvalue weighted by Crippen LogP contribution is 2.38. The summed E-state index contributed by atoms with van der Waals surface area (Å²) in [6.07, 6.45) is 1.90. The molecule has 4 atom stereocenters. The van der Waals surface area contributed by atoms with Crippen molar-refractivity contribution < 1.29 is 9.90 Å². The van der Waals surface area contributed by atoms with Crippen molar-refractivity contribution in [3.8, 4) is 0 Å². The van der Waals surface area contributed by atoms with Crippen molar-refractivity contribution in [3.63, 3.8) is 0 Å². The van der Waals surface area contributed by atoms with Gasteiger partial charge in [0.1, 0.15) is 0 Å². The summed E-state index contributed by atoms with van der Waals surface area (Å²) in [5.74, 6) is 1.10. The van der Waals surface area contributed by atoms with Crippen molar-refractivity contribution in [1.82, 2.24) is 10.2 Å². The first-order chi connectivity index (χ1) is 7.99. The number of amides is 1. The van der Waals surface area contributed by atoms with E-state index in [4.69, 9.17) is 0 Å². The fourth-order valence-electron chi connectivity index (χ4n) is 3.16. The molecule has 0 aromatic heterocycles. The van der Waals surface area contributed by atoms with Crippen LogP contribution < -0.4 is 5.32 Å². The first-order valence-corrected chi connectivity index (χ1v) is 6.71. The highest BCUT2D eigenvalue weighted by atomic mass is 16.3. The zero-order valence-corrected chi connectivity index (χ0v) is 11.0. The van der Waals surface area contributed by atoms with Crippen LogP contribution >= 0.6 is 0 Å². The standard InChI is InChI=1S/C13H24N2O2/c1-8(2)14-13(17)9(3)15-6-10-4-5-12(16)11(10)7-15/h8-12,16H,4-7H2,1-3H3,(H,14,17). The van der Waals surface area contributed by atoms with E-state index in [-0.39, 0.29) is 24.1 Å². The normalized spacial score (nSPS) is 35.0. The highest BCUT2D eigenvalue weighted by molar-refractivity contribution is 5.81. The molecule has 4 heteroatoms. The Bertz CT molecular complexity index is 293. The number of aliphatic hydroxyl groups excluding tert-OH is 1. The Labute approximate surface area is 103 Å². The SMILES string of the molecule is CC(C)NC(=O)C(C)N1CC2CCC(O)C2C1. The molecule has 1 amide bonds. The Morgan fingerprint density at radius 3 is 2.59 bits per heavy atom. The minimum absolute atomic E-state index is 0.0739. The number of nitrogens with one attached hydrogen (secondary N) is 1. The fraction of sp³-hybridized carbons (Fsp3) is 0.923. The van der Waals surface area contributed by atoms with Gasteiger partial charge in [-0.25, -0.2) is 0 Å². The van der Waals surface area contributed by atoms with Crippen molar-refractivity contribution in [3.05, 3.63) is 0 Å². The fourth-order valence-corrected chi connectivity index (χ4v) is 3.16. The molecule has 1 saturated carbocycles. The van der Waals surface area contributed by atoms with Crippen LogP contribution in [0, 0.1) is 11.8 Å². The van der Waals surface area contributed by atoms with E-state index in [0.717, 1.165) is 25.9 Å². The van der Waals surface area contributed by atoms with Crippen LogP contribution in [0.2, 0.25) is 0 Å². The maximum absolute atomic E-state index is 11.9. The molecule has 0 aromatic rings. The quantitative estimate of drug-likeness (QED) is 0.759.